The van der Waals surface area contributed by atoms with Crippen molar-refractivity contribution in [3.63, 3.8) is 0 Å². The van der Waals surface area contributed by atoms with Crippen molar-refractivity contribution < 1.29 is 14.3 Å². The zero-order chi connectivity index (χ0) is 12.1. The molecule has 0 bridgehead atoms. The second-order valence-electron chi connectivity index (χ2n) is 3.46. The molecule has 0 aliphatic rings. The van der Waals surface area contributed by atoms with Crippen molar-refractivity contribution in [3.05, 3.63) is 29.6 Å². The van der Waals surface area contributed by atoms with Crippen molar-refractivity contribution >= 4 is 5.91 Å². The lowest BCUT2D eigenvalue weighted by atomic mass is 10.1. The van der Waals surface area contributed by atoms with Crippen LogP contribution in [-0.4, -0.2) is 43.1 Å². The van der Waals surface area contributed by atoms with E-state index in [1.807, 2.05) is 0 Å². The van der Waals surface area contributed by atoms with Gasteiger partial charge >= 0.3 is 0 Å². The number of hydrogen-bond donors (Lipinski definition) is 2. The lowest BCUT2D eigenvalue weighted by Crippen LogP contribution is -2.33. The first kappa shape index (κ1) is 12.4. The van der Waals surface area contributed by atoms with E-state index in [9.17, 15) is 14.3 Å². The number of aromatic hydroxyl groups is 1. The largest absolute Gasteiger partial charge is 0.507 e. The maximum absolute atomic E-state index is 13.4. The minimum atomic E-state index is -0.707. The van der Waals surface area contributed by atoms with Crippen molar-refractivity contribution in [2.75, 3.05) is 27.2 Å². The number of hydrogen-bond acceptors (Lipinski definition) is 3. The summed E-state index contributed by atoms with van der Waals surface area (Å²) in [5, 5.41) is 12.3. The van der Waals surface area contributed by atoms with Gasteiger partial charge in [-0.15, -0.1) is 0 Å². The van der Waals surface area contributed by atoms with Crippen LogP contribution in [0.1, 0.15) is 10.4 Å². The summed E-state index contributed by atoms with van der Waals surface area (Å²) in [4.78, 5) is 13.1. The molecule has 0 aliphatic heterocycles. The topological polar surface area (TPSA) is 52.6 Å². The summed E-state index contributed by atoms with van der Waals surface area (Å²) in [5.74, 6) is -1.56. The SMILES string of the molecule is CNCCN(C)C(=O)c1c(O)cccc1F. The summed E-state index contributed by atoms with van der Waals surface area (Å²) < 4.78 is 13.4. The van der Waals surface area contributed by atoms with Gasteiger partial charge in [0.2, 0.25) is 0 Å². The van der Waals surface area contributed by atoms with Gasteiger partial charge in [-0.25, -0.2) is 4.39 Å². The predicted octanol–water partition coefficient (Wildman–Crippen LogP) is 0.823. The van der Waals surface area contributed by atoms with E-state index in [2.05, 4.69) is 5.32 Å². The van der Waals surface area contributed by atoms with E-state index in [1.54, 1.807) is 14.1 Å². The van der Waals surface area contributed by atoms with Gasteiger partial charge in [0.1, 0.15) is 17.1 Å². The van der Waals surface area contributed by atoms with Gasteiger partial charge in [-0.05, 0) is 19.2 Å². The maximum atomic E-state index is 13.4. The highest BCUT2D eigenvalue weighted by atomic mass is 19.1. The molecule has 0 unspecified atom stereocenters. The number of rotatable bonds is 4. The van der Waals surface area contributed by atoms with Gasteiger partial charge in [0, 0.05) is 20.1 Å². The average molecular weight is 226 g/mol. The van der Waals surface area contributed by atoms with Crippen LogP contribution in [0.2, 0.25) is 0 Å². The van der Waals surface area contributed by atoms with E-state index < -0.39 is 11.7 Å². The van der Waals surface area contributed by atoms with Gasteiger partial charge < -0.3 is 15.3 Å². The van der Waals surface area contributed by atoms with E-state index in [4.69, 9.17) is 0 Å². The summed E-state index contributed by atoms with van der Waals surface area (Å²) in [7, 11) is 3.32. The molecule has 0 aromatic heterocycles. The zero-order valence-corrected chi connectivity index (χ0v) is 9.33. The molecule has 0 spiro atoms. The molecule has 1 aromatic rings. The molecule has 0 radical (unpaired) electrons. The van der Waals surface area contributed by atoms with Gasteiger partial charge in [-0.1, -0.05) is 6.07 Å². The number of amides is 1. The lowest BCUT2D eigenvalue weighted by molar-refractivity contribution is 0.0789. The molecule has 0 saturated carbocycles. The molecule has 1 rings (SSSR count). The molecule has 16 heavy (non-hydrogen) atoms. The Morgan fingerprint density at radius 2 is 2.25 bits per heavy atom. The number of carbonyl (C=O) groups excluding carboxylic acids is 1. The van der Waals surface area contributed by atoms with Gasteiger partial charge in [-0.3, -0.25) is 4.79 Å². The van der Waals surface area contributed by atoms with Crippen LogP contribution in [0.3, 0.4) is 0 Å². The highest BCUT2D eigenvalue weighted by Crippen LogP contribution is 2.20. The first-order valence-electron chi connectivity index (χ1n) is 4.95. The van der Waals surface area contributed by atoms with E-state index in [-0.39, 0.29) is 11.3 Å². The molecule has 1 aromatic carbocycles. The van der Waals surface area contributed by atoms with Crippen LogP contribution >= 0.6 is 0 Å². The van der Waals surface area contributed by atoms with Crippen LogP contribution < -0.4 is 5.32 Å². The fraction of sp³-hybridized carbons (Fsp3) is 0.364. The molecular weight excluding hydrogens is 211 g/mol. The van der Waals surface area contributed by atoms with E-state index in [0.29, 0.717) is 13.1 Å². The molecule has 5 heteroatoms. The van der Waals surface area contributed by atoms with E-state index >= 15 is 0 Å². The predicted molar refractivity (Wildman–Crippen MR) is 59.0 cm³/mol. The Morgan fingerprint density at radius 3 is 2.81 bits per heavy atom. The Hall–Kier alpha value is -1.62. The monoisotopic (exact) mass is 226 g/mol. The molecule has 0 fully saturated rings. The first-order chi connectivity index (χ1) is 7.57. The Labute approximate surface area is 93.7 Å². The highest BCUT2D eigenvalue weighted by Gasteiger charge is 2.19. The number of benzene rings is 1. The van der Waals surface area contributed by atoms with Crippen molar-refractivity contribution in [2.45, 2.75) is 0 Å². The molecular formula is C11H15FN2O2. The Balaban J connectivity index is 2.87. The molecule has 0 aliphatic carbocycles. The molecule has 0 atom stereocenters. The van der Waals surface area contributed by atoms with Gasteiger partial charge in [0.05, 0.1) is 0 Å². The summed E-state index contributed by atoms with van der Waals surface area (Å²) in [5.41, 5.74) is -0.277. The van der Waals surface area contributed by atoms with Crippen LogP contribution in [0.15, 0.2) is 18.2 Å². The molecule has 0 saturated heterocycles. The molecule has 2 N–H and O–H groups in total. The summed E-state index contributed by atoms with van der Waals surface area (Å²) in [6.07, 6.45) is 0. The Bertz CT molecular complexity index is 362. The quantitative estimate of drug-likeness (QED) is 0.799. The fourth-order valence-corrected chi connectivity index (χ4v) is 1.30. The number of carbonyl (C=O) groups is 1. The van der Waals surface area contributed by atoms with Gasteiger partial charge in [-0.2, -0.15) is 0 Å². The minimum Gasteiger partial charge on any atom is -0.507 e. The molecule has 0 heterocycles. The number of halogens is 1. The number of likely N-dealkylation sites (N-methyl/N-ethyl adjacent to an activating group) is 2. The standard InChI is InChI=1S/C11H15FN2O2/c1-13-6-7-14(2)11(16)10-8(12)4-3-5-9(10)15/h3-5,13,15H,6-7H2,1-2H3. The Morgan fingerprint density at radius 1 is 1.56 bits per heavy atom. The van der Waals surface area contributed by atoms with E-state index in [0.717, 1.165) is 6.07 Å². The normalized spacial score (nSPS) is 10.2. The molecule has 1 amide bonds. The summed E-state index contributed by atoms with van der Waals surface area (Å²) >= 11 is 0. The van der Waals surface area contributed by atoms with Gasteiger partial charge in [0.15, 0.2) is 0 Å². The van der Waals surface area contributed by atoms with Crippen molar-refractivity contribution in [2.24, 2.45) is 0 Å². The third-order valence-corrected chi connectivity index (χ3v) is 2.25. The maximum Gasteiger partial charge on any atom is 0.260 e. The van der Waals surface area contributed by atoms with Crippen molar-refractivity contribution in [3.8, 4) is 5.75 Å². The smallest absolute Gasteiger partial charge is 0.260 e. The molecule has 88 valence electrons. The van der Waals surface area contributed by atoms with Crippen LogP contribution in [-0.2, 0) is 0 Å². The number of nitrogens with zero attached hydrogens (tertiary/aromatic N) is 1. The first-order valence-corrected chi connectivity index (χ1v) is 4.95. The van der Waals surface area contributed by atoms with Crippen LogP contribution in [0.5, 0.6) is 5.75 Å². The van der Waals surface area contributed by atoms with E-state index in [1.165, 1.54) is 17.0 Å². The van der Waals surface area contributed by atoms with Gasteiger partial charge in [0.25, 0.3) is 5.91 Å². The van der Waals surface area contributed by atoms with Crippen LogP contribution in [0.4, 0.5) is 4.39 Å². The average Bonchev–Trinajstić information content (AvgIpc) is 2.25. The second kappa shape index (κ2) is 5.46. The second-order valence-corrected chi connectivity index (χ2v) is 3.46. The number of phenols is 1. The number of phenolic OH excluding ortho intramolecular Hbond substituents is 1. The van der Waals surface area contributed by atoms with Crippen molar-refractivity contribution in [1.29, 1.82) is 0 Å². The third kappa shape index (κ3) is 2.70. The third-order valence-electron chi connectivity index (χ3n) is 2.25. The zero-order valence-electron chi connectivity index (χ0n) is 9.33. The highest BCUT2D eigenvalue weighted by molar-refractivity contribution is 5.96. The van der Waals surface area contributed by atoms with Crippen LogP contribution in [0.25, 0.3) is 0 Å². The van der Waals surface area contributed by atoms with Crippen LogP contribution in [0, 0.1) is 5.82 Å². The summed E-state index contributed by atoms with van der Waals surface area (Å²) in [6.45, 7) is 1.06. The summed E-state index contributed by atoms with van der Waals surface area (Å²) in [6, 6.07) is 3.80. The minimum absolute atomic E-state index is 0.277. The fourth-order valence-electron chi connectivity index (χ4n) is 1.30. The lowest BCUT2D eigenvalue weighted by Gasteiger charge is -2.17. The number of nitrogens with one attached hydrogen (secondary N) is 1. The Kier molecular flexibility index (Phi) is 4.25. The molecule has 4 nitrogen and oxygen atoms in total. The van der Waals surface area contributed by atoms with Crippen molar-refractivity contribution in [1.82, 2.24) is 10.2 Å².